The molecule has 0 bridgehead atoms. The molecule has 1 N–H and O–H groups in total. The molecule has 1 aromatic carbocycles. The van der Waals surface area contributed by atoms with E-state index in [1.807, 2.05) is 0 Å². The molecule has 2 heterocycles. The third kappa shape index (κ3) is 6.72. The third-order valence-corrected chi connectivity index (χ3v) is 7.42. The lowest BCUT2D eigenvalue weighted by Crippen LogP contribution is -2.21. The van der Waals surface area contributed by atoms with Crippen LogP contribution in [0.4, 0.5) is 5.00 Å². The van der Waals surface area contributed by atoms with E-state index in [-0.39, 0.29) is 34.7 Å². The molecule has 0 atom stereocenters. The Hall–Kier alpha value is -3.84. The van der Waals surface area contributed by atoms with Crippen LogP contribution in [0.1, 0.15) is 31.4 Å². The minimum absolute atomic E-state index is 0.0108. The number of hydrogen-bond donors (Lipinski definition) is 1. The van der Waals surface area contributed by atoms with Crippen LogP contribution in [0, 0.1) is 6.92 Å². The molecule has 11 nitrogen and oxygen atoms in total. The highest BCUT2D eigenvalue weighted by molar-refractivity contribution is 7.99. The summed E-state index contributed by atoms with van der Waals surface area (Å²) in [4.78, 5) is 39.5. The molecule has 0 aliphatic rings. The molecule has 0 radical (unpaired) electrons. The summed E-state index contributed by atoms with van der Waals surface area (Å²) in [6.07, 6.45) is 1.70. The summed E-state index contributed by atoms with van der Waals surface area (Å²) in [6.45, 7) is 6.02. The van der Waals surface area contributed by atoms with Crippen LogP contribution in [-0.2, 0) is 22.7 Å². The smallest absolute Gasteiger partial charge is 0.341 e. The van der Waals surface area contributed by atoms with Crippen molar-refractivity contribution in [3.8, 4) is 11.5 Å². The lowest BCUT2D eigenvalue weighted by atomic mass is 10.1. The van der Waals surface area contributed by atoms with Crippen molar-refractivity contribution < 1.29 is 28.6 Å². The SMILES string of the molecule is C=CCn1c(COc2ccc(OC)cc2)nnc1SCC(=O)Nc1sc(C(=O)N(C)C)c(C)c1C(=O)OC. The van der Waals surface area contributed by atoms with Gasteiger partial charge in [-0.3, -0.25) is 14.2 Å². The maximum atomic E-state index is 12.8. The Morgan fingerprint density at radius 3 is 2.45 bits per heavy atom. The van der Waals surface area contributed by atoms with E-state index in [0.29, 0.717) is 33.7 Å². The molecule has 0 aliphatic carbocycles. The Bertz CT molecular complexity index is 1320. The van der Waals surface area contributed by atoms with Crippen molar-refractivity contribution in [2.75, 3.05) is 39.4 Å². The number of methoxy groups -OCH3 is 2. The third-order valence-electron chi connectivity index (χ3n) is 5.25. The number of thiophene rings is 1. The van der Waals surface area contributed by atoms with E-state index < -0.39 is 5.97 Å². The Labute approximate surface area is 228 Å². The van der Waals surface area contributed by atoms with Crippen molar-refractivity contribution in [2.24, 2.45) is 0 Å². The molecule has 0 saturated heterocycles. The number of esters is 1. The Balaban J connectivity index is 1.70. The van der Waals surface area contributed by atoms with Crippen molar-refractivity contribution in [3.63, 3.8) is 0 Å². The average molecular weight is 560 g/mol. The zero-order valence-corrected chi connectivity index (χ0v) is 23.4. The molecule has 0 saturated carbocycles. The van der Waals surface area contributed by atoms with Gasteiger partial charge in [0, 0.05) is 20.6 Å². The Morgan fingerprint density at radius 2 is 1.84 bits per heavy atom. The molecule has 13 heteroatoms. The predicted octanol–water partition coefficient (Wildman–Crippen LogP) is 3.64. The molecule has 0 spiro atoms. The van der Waals surface area contributed by atoms with E-state index >= 15 is 0 Å². The second-order valence-electron chi connectivity index (χ2n) is 8.05. The zero-order valence-electron chi connectivity index (χ0n) is 21.8. The molecule has 3 aromatic rings. The second kappa shape index (κ2) is 13.1. The summed E-state index contributed by atoms with van der Waals surface area (Å²) < 4.78 is 17.6. The van der Waals surface area contributed by atoms with Crippen LogP contribution >= 0.6 is 23.1 Å². The molecular weight excluding hydrogens is 530 g/mol. The van der Waals surface area contributed by atoms with Gasteiger partial charge < -0.3 is 24.4 Å². The highest BCUT2D eigenvalue weighted by atomic mass is 32.2. The summed E-state index contributed by atoms with van der Waals surface area (Å²) in [5.41, 5.74) is 0.615. The maximum absolute atomic E-state index is 12.8. The highest BCUT2D eigenvalue weighted by Crippen LogP contribution is 2.34. The van der Waals surface area contributed by atoms with Gasteiger partial charge in [-0.2, -0.15) is 0 Å². The van der Waals surface area contributed by atoms with E-state index in [4.69, 9.17) is 14.2 Å². The van der Waals surface area contributed by atoms with Gasteiger partial charge in [0.05, 0.1) is 30.4 Å². The number of ether oxygens (including phenoxy) is 3. The quantitative estimate of drug-likeness (QED) is 0.201. The van der Waals surface area contributed by atoms with Gasteiger partial charge in [0.1, 0.15) is 23.1 Å². The number of nitrogens with zero attached hydrogens (tertiary/aromatic N) is 4. The number of allylic oxidation sites excluding steroid dienone is 1. The van der Waals surface area contributed by atoms with Crippen LogP contribution in [-0.4, -0.2) is 71.5 Å². The Morgan fingerprint density at radius 1 is 1.16 bits per heavy atom. The van der Waals surface area contributed by atoms with Crippen molar-refractivity contribution >= 4 is 45.9 Å². The Kier molecular flexibility index (Phi) is 9.91. The van der Waals surface area contributed by atoms with Gasteiger partial charge in [-0.15, -0.1) is 28.1 Å². The van der Waals surface area contributed by atoms with E-state index in [1.54, 1.807) is 63.0 Å². The van der Waals surface area contributed by atoms with Gasteiger partial charge in [0.15, 0.2) is 11.0 Å². The van der Waals surface area contributed by atoms with Gasteiger partial charge in [0.2, 0.25) is 5.91 Å². The second-order valence-corrected chi connectivity index (χ2v) is 10.0. The number of amides is 2. The van der Waals surface area contributed by atoms with Crippen LogP contribution in [0.15, 0.2) is 42.1 Å². The van der Waals surface area contributed by atoms with Crippen LogP contribution in [0.25, 0.3) is 0 Å². The maximum Gasteiger partial charge on any atom is 0.341 e. The minimum atomic E-state index is -0.633. The van der Waals surface area contributed by atoms with Gasteiger partial charge in [0.25, 0.3) is 5.91 Å². The number of nitrogens with one attached hydrogen (secondary N) is 1. The fourth-order valence-corrected chi connectivity index (χ4v) is 5.31. The summed E-state index contributed by atoms with van der Waals surface area (Å²) >= 11 is 2.21. The van der Waals surface area contributed by atoms with Crippen LogP contribution in [0.5, 0.6) is 11.5 Å². The summed E-state index contributed by atoms with van der Waals surface area (Å²) in [5, 5.41) is 11.9. The lowest BCUT2D eigenvalue weighted by molar-refractivity contribution is -0.113. The standard InChI is InChI=1S/C25H29N5O6S2/c1-7-12-30-18(13-36-17-10-8-16(34-5)9-11-17)27-28-25(30)37-14-19(31)26-22-20(24(33)35-6)15(2)21(38-22)23(32)29(3)4/h7-11H,1,12-14H2,2-6H3,(H,26,31). The van der Waals surface area contributed by atoms with E-state index in [2.05, 4.69) is 22.1 Å². The number of aromatic nitrogens is 3. The number of rotatable bonds is 12. The normalized spacial score (nSPS) is 10.6. The largest absolute Gasteiger partial charge is 0.497 e. The number of thioether (sulfide) groups is 1. The zero-order chi connectivity index (χ0) is 27.8. The fourth-order valence-electron chi connectivity index (χ4n) is 3.31. The molecule has 0 unspecified atom stereocenters. The molecule has 38 heavy (non-hydrogen) atoms. The van der Waals surface area contributed by atoms with Gasteiger partial charge in [-0.1, -0.05) is 17.8 Å². The molecule has 2 amide bonds. The lowest BCUT2D eigenvalue weighted by Gasteiger charge is -2.10. The molecule has 0 fully saturated rings. The predicted molar refractivity (Wildman–Crippen MR) is 145 cm³/mol. The first kappa shape index (κ1) is 28.7. The summed E-state index contributed by atoms with van der Waals surface area (Å²) in [6, 6.07) is 7.17. The number of anilines is 1. The number of carbonyl (C=O) groups excluding carboxylic acids is 3. The molecule has 0 aliphatic heterocycles. The van der Waals surface area contributed by atoms with Gasteiger partial charge in [-0.05, 0) is 36.8 Å². The van der Waals surface area contributed by atoms with E-state index in [0.717, 1.165) is 17.1 Å². The number of benzene rings is 1. The first-order valence-corrected chi connectivity index (χ1v) is 13.2. The summed E-state index contributed by atoms with van der Waals surface area (Å²) in [5.74, 6) is 0.643. The monoisotopic (exact) mass is 559 g/mol. The molecule has 3 rings (SSSR count). The summed E-state index contributed by atoms with van der Waals surface area (Å²) in [7, 11) is 6.07. The highest BCUT2D eigenvalue weighted by Gasteiger charge is 2.27. The van der Waals surface area contributed by atoms with Crippen LogP contribution < -0.4 is 14.8 Å². The van der Waals surface area contributed by atoms with Gasteiger partial charge in [-0.25, -0.2) is 4.79 Å². The van der Waals surface area contributed by atoms with Crippen molar-refractivity contribution in [2.45, 2.75) is 25.2 Å². The average Bonchev–Trinajstić information content (AvgIpc) is 3.45. The number of hydrogen-bond acceptors (Lipinski definition) is 10. The van der Waals surface area contributed by atoms with E-state index in [1.165, 1.54) is 23.8 Å². The first-order valence-electron chi connectivity index (χ1n) is 11.4. The first-order chi connectivity index (χ1) is 18.2. The van der Waals surface area contributed by atoms with Crippen molar-refractivity contribution in [1.29, 1.82) is 0 Å². The van der Waals surface area contributed by atoms with Crippen molar-refractivity contribution in [3.05, 3.63) is 58.7 Å². The minimum Gasteiger partial charge on any atom is -0.497 e. The van der Waals surface area contributed by atoms with Crippen LogP contribution in [0.2, 0.25) is 0 Å². The molecular formula is C25H29N5O6S2. The van der Waals surface area contributed by atoms with Crippen LogP contribution in [0.3, 0.4) is 0 Å². The molecule has 202 valence electrons. The molecule has 2 aromatic heterocycles. The van der Waals surface area contributed by atoms with Crippen molar-refractivity contribution in [1.82, 2.24) is 19.7 Å². The van der Waals surface area contributed by atoms with Gasteiger partial charge >= 0.3 is 5.97 Å². The fraction of sp³-hybridized carbons (Fsp3) is 0.320. The topological polar surface area (TPSA) is 125 Å². The van der Waals surface area contributed by atoms with E-state index in [9.17, 15) is 14.4 Å². The number of carbonyl (C=O) groups is 3.